The Morgan fingerprint density at radius 1 is 1.39 bits per heavy atom. The van der Waals surface area contributed by atoms with Crippen LogP contribution in [0.25, 0.3) is 0 Å². The summed E-state index contributed by atoms with van der Waals surface area (Å²) in [5.74, 6) is 0. The van der Waals surface area contributed by atoms with Crippen LogP contribution < -0.4 is 4.90 Å². The van der Waals surface area contributed by atoms with Crippen molar-refractivity contribution in [2.45, 2.75) is 45.3 Å². The first kappa shape index (κ1) is 17.8. The van der Waals surface area contributed by atoms with Crippen molar-refractivity contribution < 1.29 is 17.9 Å². The van der Waals surface area contributed by atoms with E-state index in [0.717, 1.165) is 0 Å². The fourth-order valence-electron chi connectivity index (χ4n) is 1.72. The van der Waals surface area contributed by atoms with Crippen LogP contribution in [0.15, 0.2) is 0 Å². The standard InChI is InChI=1S/C8H18N2.C4H10O3S/c1-3-4-5-10-7-6-9(2)8-10;1-3-4(2)8(5,6)7/h3-8H2,1-2H3;4H,3H2,1-2H3,(H,5,6,7). The van der Waals surface area contributed by atoms with Crippen LogP contribution in [0.1, 0.15) is 40.0 Å². The van der Waals surface area contributed by atoms with Gasteiger partial charge in [-0.25, -0.2) is 8.42 Å². The molecule has 110 valence electrons. The van der Waals surface area contributed by atoms with Crippen molar-refractivity contribution in [3.8, 4) is 0 Å². The maximum absolute atomic E-state index is 10.0. The van der Waals surface area contributed by atoms with E-state index in [4.69, 9.17) is 0 Å². The zero-order valence-corrected chi connectivity index (χ0v) is 12.9. The van der Waals surface area contributed by atoms with Gasteiger partial charge in [0.05, 0.1) is 29.8 Å². The summed E-state index contributed by atoms with van der Waals surface area (Å²) in [6, 6.07) is 0. The van der Waals surface area contributed by atoms with Crippen LogP contribution in [-0.4, -0.2) is 56.5 Å². The molecule has 1 rings (SSSR count). The minimum atomic E-state index is -4.00. The second kappa shape index (κ2) is 8.85. The van der Waals surface area contributed by atoms with Crippen molar-refractivity contribution >= 4 is 10.1 Å². The van der Waals surface area contributed by atoms with Gasteiger partial charge < -0.3 is 9.45 Å². The highest BCUT2D eigenvalue weighted by atomic mass is 32.2. The largest absolute Gasteiger partial charge is 0.748 e. The third-order valence-electron chi connectivity index (χ3n) is 3.29. The highest BCUT2D eigenvalue weighted by molar-refractivity contribution is 7.86. The van der Waals surface area contributed by atoms with E-state index in [9.17, 15) is 13.0 Å². The Hall–Kier alpha value is -0.170. The molecule has 18 heavy (non-hydrogen) atoms. The zero-order valence-electron chi connectivity index (χ0n) is 12.1. The van der Waals surface area contributed by atoms with Gasteiger partial charge in [0.25, 0.3) is 0 Å². The topological polar surface area (TPSA) is 64.9 Å². The number of nitrogens with zero attached hydrogens (tertiary/aromatic N) is 1. The summed E-state index contributed by atoms with van der Waals surface area (Å²) < 4.78 is 30.0. The molecule has 6 heteroatoms. The summed E-state index contributed by atoms with van der Waals surface area (Å²) in [4.78, 5) is 4.18. The number of hydrogen-bond acceptors (Lipinski definition) is 4. The molecule has 0 aromatic heterocycles. The molecular weight excluding hydrogens is 252 g/mol. The van der Waals surface area contributed by atoms with Crippen molar-refractivity contribution in [2.24, 2.45) is 0 Å². The van der Waals surface area contributed by atoms with E-state index >= 15 is 0 Å². The molecule has 1 aliphatic heterocycles. The lowest BCUT2D eigenvalue weighted by Crippen LogP contribution is -3.10. The molecule has 0 amide bonds. The average molecular weight is 280 g/mol. The molecule has 0 aromatic carbocycles. The summed E-state index contributed by atoms with van der Waals surface area (Å²) >= 11 is 0. The van der Waals surface area contributed by atoms with Gasteiger partial charge in [-0.05, 0) is 26.8 Å². The SMILES string of the molecule is CCC(C)S(=O)(=O)[O-].CCCC[NH+]1CCN(C)C1. The van der Waals surface area contributed by atoms with E-state index in [-0.39, 0.29) is 0 Å². The van der Waals surface area contributed by atoms with Gasteiger partial charge in [0.15, 0.2) is 0 Å². The lowest BCUT2D eigenvalue weighted by Gasteiger charge is -2.12. The molecule has 1 fully saturated rings. The molecule has 1 aliphatic rings. The van der Waals surface area contributed by atoms with Gasteiger partial charge >= 0.3 is 0 Å². The molecular formula is C12H28N2O3S. The molecule has 0 spiro atoms. The smallest absolute Gasteiger partial charge is 0.133 e. The van der Waals surface area contributed by atoms with Gasteiger partial charge in [-0.2, -0.15) is 0 Å². The van der Waals surface area contributed by atoms with Crippen LogP contribution in [0.2, 0.25) is 0 Å². The first-order valence-electron chi connectivity index (χ1n) is 6.78. The Labute approximate surface area is 112 Å². The first-order valence-corrected chi connectivity index (χ1v) is 8.25. The van der Waals surface area contributed by atoms with Gasteiger partial charge in [0.2, 0.25) is 0 Å². The fourth-order valence-corrected chi connectivity index (χ4v) is 2.13. The van der Waals surface area contributed by atoms with E-state index in [2.05, 4.69) is 18.9 Å². The van der Waals surface area contributed by atoms with E-state index in [1.54, 1.807) is 11.8 Å². The minimum Gasteiger partial charge on any atom is -0.748 e. The van der Waals surface area contributed by atoms with Crippen LogP contribution in [0, 0.1) is 0 Å². The normalized spacial score (nSPS) is 22.4. The van der Waals surface area contributed by atoms with E-state index < -0.39 is 15.4 Å². The van der Waals surface area contributed by atoms with Gasteiger partial charge in [-0.3, -0.25) is 4.90 Å². The monoisotopic (exact) mass is 280 g/mol. The number of quaternary nitrogens is 1. The van der Waals surface area contributed by atoms with Gasteiger partial charge in [0.1, 0.15) is 6.67 Å². The maximum atomic E-state index is 10.0. The van der Waals surface area contributed by atoms with Crippen molar-refractivity contribution in [1.82, 2.24) is 4.90 Å². The quantitative estimate of drug-likeness (QED) is 0.715. The first-order chi connectivity index (χ1) is 8.31. The number of hydrogen-bond donors (Lipinski definition) is 1. The van der Waals surface area contributed by atoms with Crippen LogP contribution in [0.3, 0.4) is 0 Å². The Kier molecular flexibility index (Phi) is 8.77. The van der Waals surface area contributed by atoms with E-state index in [1.807, 2.05) is 0 Å². The summed E-state index contributed by atoms with van der Waals surface area (Å²) in [6.07, 6.45) is 3.13. The molecule has 2 unspecified atom stereocenters. The summed E-state index contributed by atoms with van der Waals surface area (Å²) in [7, 11) is -1.80. The summed E-state index contributed by atoms with van der Waals surface area (Å²) in [5.41, 5.74) is 0. The summed E-state index contributed by atoms with van der Waals surface area (Å²) in [6.45, 7) is 10.6. The second-order valence-electron chi connectivity index (χ2n) is 5.05. The lowest BCUT2D eigenvalue weighted by atomic mass is 10.3. The van der Waals surface area contributed by atoms with Crippen LogP contribution in [0.4, 0.5) is 0 Å². The van der Waals surface area contributed by atoms with Crippen molar-refractivity contribution in [1.29, 1.82) is 0 Å². The molecule has 0 aromatic rings. The Balaban J connectivity index is 0.000000331. The lowest BCUT2D eigenvalue weighted by molar-refractivity contribution is -0.891. The van der Waals surface area contributed by atoms with Gasteiger partial charge in [-0.15, -0.1) is 0 Å². The number of unbranched alkanes of at least 4 members (excludes halogenated alkanes) is 1. The third kappa shape index (κ3) is 8.02. The Morgan fingerprint density at radius 2 is 2.00 bits per heavy atom. The molecule has 5 nitrogen and oxygen atoms in total. The van der Waals surface area contributed by atoms with Gasteiger partial charge in [0, 0.05) is 5.25 Å². The zero-order chi connectivity index (χ0) is 14.2. The number of likely N-dealkylation sites (N-methyl/N-ethyl adjacent to an activating group) is 1. The molecule has 1 N–H and O–H groups in total. The molecule has 0 radical (unpaired) electrons. The van der Waals surface area contributed by atoms with Gasteiger partial charge in [-0.1, -0.05) is 20.3 Å². The number of rotatable bonds is 5. The number of nitrogens with one attached hydrogen (secondary N) is 1. The fraction of sp³-hybridized carbons (Fsp3) is 1.00. The van der Waals surface area contributed by atoms with Crippen molar-refractivity contribution in [3.63, 3.8) is 0 Å². The van der Waals surface area contributed by atoms with E-state index in [1.165, 1.54) is 46.1 Å². The average Bonchev–Trinajstić information content (AvgIpc) is 2.71. The van der Waals surface area contributed by atoms with E-state index in [0.29, 0.717) is 6.42 Å². The van der Waals surface area contributed by atoms with Crippen LogP contribution in [-0.2, 0) is 10.1 Å². The summed E-state index contributed by atoms with van der Waals surface area (Å²) in [5, 5.41) is -0.734. The second-order valence-corrected chi connectivity index (χ2v) is 6.84. The Bertz CT molecular complexity index is 306. The molecule has 1 saturated heterocycles. The molecule has 2 atom stereocenters. The minimum absolute atomic E-state index is 0.395. The molecule has 0 saturated carbocycles. The predicted octanol–water partition coefficient (Wildman–Crippen LogP) is -0.0956. The predicted molar refractivity (Wildman–Crippen MR) is 72.6 cm³/mol. The maximum Gasteiger partial charge on any atom is 0.133 e. The van der Waals surface area contributed by atoms with Crippen LogP contribution >= 0.6 is 0 Å². The Morgan fingerprint density at radius 3 is 2.28 bits per heavy atom. The highest BCUT2D eigenvalue weighted by Crippen LogP contribution is 1.99. The van der Waals surface area contributed by atoms with Crippen LogP contribution in [0.5, 0.6) is 0 Å². The molecule has 0 aliphatic carbocycles. The third-order valence-corrected chi connectivity index (χ3v) is 4.61. The molecule has 0 bridgehead atoms. The molecule has 1 heterocycles. The van der Waals surface area contributed by atoms with Crippen molar-refractivity contribution in [2.75, 3.05) is 33.4 Å². The van der Waals surface area contributed by atoms with Crippen molar-refractivity contribution in [3.05, 3.63) is 0 Å². The highest BCUT2D eigenvalue weighted by Gasteiger charge is 2.18.